The van der Waals surface area contributed by atoms with Gasteiger partial charge in [-0.25, -0.2) is 0 Å². The van der Waals surface area contributed by atoms with Crippen molar-refractivity contribution in [2.75, 3.05) is 19.0 Å². The Labute approximate surface area is 95.7 Å². The highest BCUT2D eigenvalue weighted by Gasteiger charge is 2.39. The lowest BCUT2D eigenvalue weighted by Crippen LogP contribution is -2.08. The number of anilines is 1. The summed E-state index contributed by atoms with van der Waals surface area (Å²) in [4.78, 5) is 12.6. The molecule has 3 heteroatoms. The molecule has 1 aliphatic rings. The van der Waals surface area contributed by atoms with E-state index >= 15 is 0 Å². The van der Waals surface area contributed by atoms with Gasteiger partial charge in [-0.2, -0.15) is 0 Å². The molecule has 0 bridgehead atoms. The number of nitrogens with zero attached hydrogens (tertiary/aromatic N) is 1. The van der Waals surface area contributed by atoms with Gasteiger partial charge in [0.25, 0.3) is 0 Å². The average molecular weight is 219 g/mol. The SMILES string of the molecule is CN(C)c1ccc(C2CC2CC(=O)O)cc1. The maximum absolute atomic E-state index is 10.6. The second-order valence-electron chi connectivity index (χ2n) is 4.69. The molecule has 1 N–H and O–H groups in total. The molecule has 3 nitrogen and oxygen atoms in total. The highest BCUT2D eigenvalue weighted by atomic mass is 16.4. The highest BCUT2D eigenvalue weighted by molar-refractivity contribution is 5.68. The smallest absolute Gasteiger partial charge is 0.303 e. The molecular formula is C13H17NO2. The van der Waals surface area contributed by atoms with Crippen LogP contribution in [-0.4, -0.2) is 25.2 Å². The minimum atomic E-state index is -0.683. The Morgan fingerprint density at radius 1 is 1.38 bits per heavy atom. The van der Waals surface area contributed by atoms with Crippen LogP contribution in [0.4, 0.5) is 5.69 Å². The molecule has 2 atom stereocenters. The molecule has 0 saturated heterocycles. The van der Waals surface area contributed by atoms with Gasteiger partial charge in [0.2, 0.25) is 0 Å². The van der Waals surface area contributed by atoms with Crippen molar-refractivity contribution in [1.29, 1.82) is 0 Å². The first kappa shape index (κ1) is 11.0. The van der Waals surface area contributed by atoms with Crippen LogP contribution in [0.5, 0.6) is 0 Å². The van der Waals surface area contributed by atoms with Crippen LogP contribution in [0.15, 0.2) is 24.3 Å². The first-order valence-corrected chi connectivity index (χ1v) is 5.57. The third kappa shape index (κ3) is 2.35. The molecular weight excluding hydrogens is 202 g/mol. The van der Waals surface area contributed by atoms with E-state index in [1.807, 2.05) is 14.1 Å². The van der Waals surface area contributed by atoms with Gasteiger partial charge in [0, 0.05) is 26.2 Å². The van der Waals surface area contributed by atoms with Crippen molar-refractivity contribution in [2.24, 2.45) is 5.92 Å². The van der Waals surface area contributed by atoms with Crippen molar-refractivity contribution >= 4 is 11.7 Å². The number of carboxylic acids is 1. The molecule has 0 spiro atoms. The van der Waals surface area contributed by atoms with Gasteiger partial charge in [-0.05, 0) is 36.0 Å². The Morgan fingerprint density at radius 2 is 2.00 bits per heavy atom. The van der Waals surface area contributed by atoms with Crippen molar-refractivity contribution < 1.29 is 9.90 Å². The molecule has 1 fully saturated rings. The molecule has 0 heterocycles. The van der Waals surface area contributed by atoms with Crippen LogP contribution in [0.3, 0.4) is 0 Å². The molecule has 1 aromatic rings. The summed E-state index contributed by atoms with van der Waals surface area (Å²) in [5, 5.41) is 8.70. The van der Waals surface area contributed by atoms with E-state index in [1.54, 1.807) is 0 Å². The minimum Gasteiger partial charge on any atom is -0.481 e. The van der Waals surface area contributed by atoms with Crippen LogP contribution in [0, 0.1) is 5.92 Å². The van der Waals surface area contributed by atoms with Gasteiger partial charge in [0.1, 0.15) is 0 Å². The number of aliphatic carboxylic acids is 1. The minimum absolute atomic E-state index is 0.306. The molecule has 16 heavy (non-hydrogen) atoms. The van der Waals surface area contributed by atoms with Crippen molar-refractivity contribution in [3.63, 3.8) is 0 Å². The first-order valence-electron chi connectivity index (χ1n) is 5.57. The first-order chi connectivity index (χ1) is 7.58. The van der Waals surface area contributed by atoms with Gasteiger partial charge in [0.05, 0.1) is 0 Å². The molecule has 1 saturated carbocycles. The van der Waals surface area contributed by atoms with Gasteiger partial charge in [-0.3, -0.25) is 4.79 Å². The standard InChI is InChI=1S/C13H17NO2/c1-14(2)11-5-3-9(4-6-11)12-7-10(12)8-13(15)16/h3-6,10,12H,7-8H2,1-2H3,(H,15,16). The monoisotopic (exact) mass is 219 g/mol. The summed E-state index contributed by atoms with van der Waals surface area (Å²) < 4.78 is 0. The van der Waals surface area contributed by atoms with E-state index in [4.69, 9.17) is 5.11 Å². The fourth-order valence-corrected chi connectivity index (χ4v) is 2.13. The Balaban J connectivity index is 1.99. The summed E-state index contributed by atoms with van der Waals surface area (Å²) in [7, 11) is 4.03. The van der Waals surface area contributed by atoms with Crippen LogP contribution in [0.2, 0.25) is 0 Å². The maximum atomic E-state index is 10.6. The maximum Gasteiger partial charge on any atom is 0.303 e. The van der Waals surface area contributed by atoms with Crippen LogP contribution in [-0.2, 0) is 4.79 Å². The van der Waals surface area contributed by atoms with Gasteiger partial charge < -0.3 is 10.0 Å². The molecule has 0 aromatic heterocycles. The molecule has 2 unspecified atom stereocenters. The summed E-state index contributed by atoms with van der Waals surface area (Å²) >= 11 is 0. The van der Waals surface area contributed by atoms with Gasteiger partial charge >= 0.3 is 5.97 Å². The Kier molecular flexibility index (Phi) is 2.86. The fourth-order valence-electron chi connectivity index (χ4n) is 2.13. The zero-order valence-electron chi connectivity index (χ0n) is 9.68. The normalized spacial score (nSPS) is 22.9. The molecule has 2 rings (SSSR count). The fraction of sp³-hybridized carbons (Fsp3) is 0.462. The lowest BCUT2D eigenvalue weighted by molar-refractivity contribution is -0.137. The third-order valence-electron chi connectivity index (χ3n) is 3.20. The van der Waals surface area contributed by atoms with E-state index in [-0.39, 0.29) is 0 Å². The van der Waals surface area contributed by atoms with Gasteiger partial charge in [-0.15, -0.1) is 0 Å². The summed E-state index contributed by atoms with van der Waals surface area (Å²) in [6.45, 7) is 0. The number of rotatable bonds is 4. The Bertz CT molecular complexity index is 383. The van der Waals surface area contributed by atoms with Crippen molar-refractivity contribution in [1.82, 2.24) is 0 Å². The lowest BCUT2D eigenvalue weighted by atomic mass is 10.1. The number of hydrogen-bond donors (Lipinski definition) is 1. The summed E-state index contributed by atoms with van der Waals surface area (Å²) in [5.74, 6) is 0.132. The van der Waals surface area contributed by atoms with E-state index in [1.165, 1.54) is 11.3 Å². The zero-order valence-corrected chi connectivity index (χ0v) is 9.68. The molecule has 1 aliphatic carbocycles. The molecule has 0 aliphatic heterocycles. The largest absolute Gasteiger partial charge is 0.481 e. The second kappa shape index (κ2) is 4.16. The molecule has 0 radical (unpaired) electrons. The summed E-state index contributed by atoms with van der Waals surface area (Å²) in [6.07, 6.45) is 1.33. The number of benzene rings is 1. The van der Waals surface area contributed by atoms with E-state index in [0.717, 1.165) is 6.42 Å². The van der Waals surface area contributed by atoms with Gasteiger partial charge in [-0.1, -0.05) is 12.1 Å². The van der Waals surface area contributed by atoms with Crippen molar-refractivity contribution in [2.45, 2.75) is 18.8 Å². The van der Waals surface area contributed by atoms with Crippen LogP contribution in [0.1, 0.15) is 24.3 Å². The third-order valence-corrected chi connectivity index (χ3v) is 3.20. The lowest BCUT2D eigenvalue weighted by Gasteiger charge is -2.12. The summed E-state index contributed by atoms with van der Waals surface area (Å²) in [6, 6.07) is 8.40. The molecule has 0 amide bonds. The van der Waals surface area contributed by atoms with Crippen molar-refractivity contribution in [3.8, 4) is 0 Å². The van der Waals surface area contributed by atoms with E-state index in [2.05, 4.69) is 29.2 Å². The second-order valence-corrected chi connectivity index (χ2v) is 4.69. The summed E-state index contributed by atoms with van der Waals surface area (Å²) in [5.41, 5.74) is 2.45. The number of carbonyl (C=O) groups is 1. The molecule has 1 aromatic carbocycles. The predicted molar refractivity (Wildman–Crippen MR) is 63.9 cm³/mol. The average Bonchev–Trinajstić information content (AvgIpc) is 2.96. The highest BCUT2D eigenvalue weighted by Crippen LogP contribution is 2.49. The zero-order chi connectivity index (χ0) is 11.7. The topological polar surface area (TPSA) is 40.5 Å². The number of carboxylic acid groups (broad SMARTS) is 1. The van der Waals surface area contributed by atoms with Crippen LogP contribution >= 0.6 is 0 Å². The van der Waals surface area contributed by atoms with Crippen molar-refractivity contribution in [3.05, 3.63) is 29.8 Å². The van der Waals surface area contributed by atoms with Crippen LogP contribution < -0.4 is 4.90 Å². The quantitative estimate of drug-likeness (QED) is 0.845. The molecule has 86 valence electrons. The Morgan fingerprint density at radius 3 is 2.50 bits per heavy atom. The number of hydrogen-bond acceptors (Lipinski definition) is 2. The Hall–Kier alpha value is -1.51. The van der Waals surface area contributed by atoms with Gasteiger partial charge in [0.15, 0.2) is 0 Å². The van der Waals surface area contributed by atoms with E-state index in [0.29, 0.717) is 18.3 Å². The van der Waals surface area contributed by atoms with E-state index < -0.39 is 5.97 Å². The van der Waals surface area contributed by atoms with E-state index in [9.17, 15) is 4.79 Å². The van der Waals surface area contributed by atoms with Crippen LogP contribution in [0.25, 0.3) is 0 Å². The predicted octanol–water partition coefficient (Wildman–Crippen LogP) is 2.33.